The number of aromatic nitrogens is 2. The van der Waals surface area contributed by atoms with E-state index in [0.717, 1.165) is 12.0 Å². The lowest BCUT2D eigenvalue weighted by Crippen LogP contribution is -2.38. The maximum atomic E-state index is 12.3. The summed E-state index contributed by atoms with van der Waals surface area (Å²) in [5, 5.41) is 2.97. The molecule has 0 saturated carbocycles. The second-order valence-electron chi connectivity index (χ2n) is 6.12. The summed E-state index contributed by atoms with van der Waals surface area (Å²) in [7, 11) is 0. The number of benzene rings is 1. The van der Waals surface area contributed by atoms with Gasteiger partial charge in [0.15, 0.2) is 0 Å². The van der Waals surface area contributed by atoms with Crippen LogP contribution in [0.3, 0.4) is 0 Å². The molecule has 0 aliphatic heterocycles. The molecule has 0 bridgehead atoms. The van der Waals surface area contributed by atoms with Gasteiger partial charge in [-0.1, -0.05) is 45.0 Å². The van der Waals surface area contributed by atoms with Gasteiger partial charge in [0.05, 0.1) is 6.04 Å². The van der Waals surface area contributed by atoms with Crippen molar-refractivity contribution >= 4 is 5.91 Å². The molecule has 128 valence electrons. The SMILES string of the molecule is CCc1ccc(C(NC(=O)Cn2ccc(=O)[nH]c2=O)C(C)C)cc1. The lowest BCUT2D eigenvalue weighted by Gasteiger charge is -2.23. The van der Waals surface area contributed by atoms with Crippen molar-refractivity contribution in [1.29, 1.82) is 0 Å². The quantitative estimate of drug-likeness (QED) is 0.844. The van der Waals surface area contributed by atoms with Crippen LogP contribution in [0.25, 0.3) is 0 Å². The van der Waals surface area contributed by atoms with E-state index in [1.807, 2.05) is 26.0 Å². The van der Waals surface area contributed by atoms with E-state index in [9.17, 15) is 14.4 Å². The molecule has 24 heavy (non-hydrogen) atoms. The standard InChI is InChI=1S/C18H23N3O3/c1-4-13-5-7-14(8-6-13)17(12(2)3)19-16(23)11-21-10-9-15(22)20-18(21)24/h5-10,12,17H,4,11H2,1-3H3,(H,19,23)(H,20,22,24). The van der Waals surface area contributed by atoms with E-state index in [-0.39, 0.29) is 24.4 Å². The summed E-state index contributed by atoms with van der Waals surface area (Å²) in [4.78, 5) is 37.2. The average Bonchev–Trinajstić information content (AvgIpc) is 2.55. The highest BCUT2D eigenvalue weighted by molar-refractivity contribution is 5.76. The van der Waals surface area contributed by atoms with Gasteiger partial charge < -0.3 is 5.32 Å². The van der Waals surface area contributed by atoms with Gasteiger partial charge in [-0.3, -0.25) is 19.1 Å². The lowest BCUT2D eigenvalue weighted by atomic mass is 9.95. The third kappa shape index (κ3) is 4.44. The maximum Gasteiger partial charge on any atom is 0.328 e. The smallest absolute Gasteiger partial charge is 0.328 e. The maximum absolute atomic E-state index is 12.3. The average molecular weight is 329 g/mol. The van der Waals surface area contributed by atoms with Crippen LogP contribution >= 0.6 is 0 Å². The fourth-order valence-electron chi connectivity index (χ4n) is 2.54. The van der Waals surface area contributed by atoms with Crippen molar-refractivity contribution in [1.82, 2.24) is 14.9 Å². The van der Waals surface area contributed by atoms with E-state index in [1.165, 1.54) is 22.4 Å². The molecular formula is C18H23N3O3. The van der Waals surface area contributed by atoms with Gasteiger partial charge in [-0.25, -0.2) is 4.79 Å². The van der Waals surface area contributed by atoms with Crippen molar-refractivity contribution < 1.29 is 4.79 Å². The molecule has 2 aromatic rings. The Bertz CT molecular complexity index is 803. The van der Waals surface area contributed by atoms with Gasteiger partial charge in [0.1, 0.15) is 6.54 Å². The number of hydrogen-bond donors (Lipinski definition) is 2. The van der Waals surface area contributed by atoms with Crippen molar-refractivity contribution in [3.63, 3.8) is 0 Å². The molecule has 1 atom stereocenters. The zero-order valence-electron chi connectivity index (χ0n) is 14.2. The van der Waals surface area contributed by atoms with Crippen LogP contribution in [-0.2, 0) is 17.8 Å². The number of H-pyrrole nitrogens is 1. The zero-order valence-corrected chi connectivity index (χ0v) is 14.2. The molecular weight excluding hydrogens is 306 g/mol. The Labute approximate surface area is 140 Å². The van der Waals surface area contributed by atoms with Crippen LogP contribution in [0.1, 0.15) is 37.9 Å². The highest BCUT2D eigenvalue weighted by Crippen LogP contribution is 2.22. The number of aromatic amines is 1. The van der Waals surface area contributed by atoms with Crippen LogP contribution in [0.2, 0.25) is 0 Å². The van der Waals surface area contributed by atoms with Gasteiger partial charge in [0, 0.05) is 12.3 Å². The van der Waals surface area contributed by atoms with Crippen molar-refractivity contribution in [2.24, 2.45) is 5.92 Å². The van der Waals surface area contributed by atoms with Crippen LogP contribution in [-0.4, -0.2) is 15.5 Å². The fourth-order valence-corrected chi connectivity index (χ4v) is 2.54. The fraction of sp³-hybridized carbons (Fsp3) is 0.389. The van der Waals surface area contributed by atoms with Crippen molar-refractivity contribution in [3.05, 3.63) is 68.5 Å². The summed E-state index contributed by atoms with van der Waals surface area (Å²) in [5.74, 6) is -0.0730. The molecule has 0 radical (unpaired) electrons. The summed E-state index contributed by atoms with van der Waals surface area (Å²) < 4.78 is 1.17. The molecule has 1 aromatic heterocycles. The molecule has 0 spiro atoms. The Hall–Kier alpha value is -2.63. The highest BCUT2D eigenvalue weighted by Gasteiger charge is 2.18. The van der Waals surface area contributed by atoms with Crippen molar-refractivity contribution in [2.45, 2.75) is 39.8 Å². The van der Waals surface area contributed by atoms with E-state index in [1.54, 1.807) is 0 Å². The molecule has 0 aliphatic rings. The molecule has 2 rings (SSSR count). The number of carbonyl (C=O) groups is 1. The van der Waals surface area contributed by atoms with Gasteiger partial charge in [-0.2, -0.15) is 0 Å². The van der Waals surface area contributed by atoms with Gasteiger partial charge in [0.2, 0.25) is 5.91 Å². The minimum absolute atomic E-state index is 0.133. The summed E-state index contributed by atoms with van der Waals surface area (Å²) in [5.41, 5.74) is 1.20. The number of hydrogen-bond acceptors (Lipinski definition) is 3. The topological polar surface area (TPSA) is 84.0 Å². The zero-order chi connectivity index (χ0) is 17.7. The number of nitrogens with zero attached hydrogens (tertiary/aromatic N) is 1. The third-order valence-corrected chi connectivity index (χ3v) is 3.94. The first-order valence-corrected chi connectivity index (χ1v) is 8.08. The molecule has 1 amide bonds. The molecule has 2 N–H and O–H groups in total. The van der Waals surface area contributed by atoms with E-state index in [0.29, 0.717) is 0 Å². The van der Waals surface area contributed by atoms with Crippen LogP contribution in [0.4, 0.5) is 0 Å². The van der Waals surface area contributed by atoms with E-state index in [2.05, 4.69) is 29.4 Å². The van der Waals surface area contributed by atoms with Gasteiger partial charge in [-0.15, -0.1) is 0 Å². The van der Waals surface area contributed by atoms with Crippen LogP contribution in [0.5, 0.6) is 0 Å². The molecule has 0 fully saturated rings. The first-order valence-electron chi connectivity index (χ1n) is 8.08. The van der Waals surface area contributed by atoms with Crippen LogP contribution in [0.15, 0.2) is 46.1 Å². The summed E-state index contributed by atoms with van der Waals surface area (Å²) in [6, 6.07) is 9.25. The van der Waals surface area contributed by atoms with E-state index in [4.69, 9.17) is 0 Å². The molecule has 1 heterocycles. The molecule has 1 aromatic carbocycles. The largest absolute Gasteiger partial charge is 0.347 e. The predicted octanol–water partition coefficient (Wildman–Crippen LogP) is 1.61. The molecule has 6 nitrogen and oxygen atoms in total. The normalized spacial score (nSPS) is 12.2. The van der Waals surface area contributed by atoms with Crippen molar-refractivity contribution in [3.8, 4) is 0 Å². The molecule has 0 saturated heterocycles. The Morgan fingerprint density at radius 1 is 1.17 bits per heavy atom. The van der Waals surface area contributed by atoms with E-state index >= 15 is 0 Å². The minimum atomic E-state index is -0.592. The first-order chi connectivity index (χ1) is 11.4. The number of amides is 1. The second kappa shape index (κ2) is 7.77. The number of aryl methyl sites for hydroxylation is 1. The summed E-state index contributed by atoms with van der Waals surface area (Å²) in [6.07, 6.45) is 2.29. The van der Waals surface area contributed by atoms with Crippen LogP contribution < -0.4 is 16.6 Å². The second-order valence-corrected chi connectivity index (χ2v) is 6.12. The lowest BCUT2D eigenvalue weighted by molar-refractivity contribution is -0.122. The Morgan fingerprint density at radius 2 is 1.83 bits per heavy atom. The highest BCUT2D eigenvalue weighted by atomic mass is 16.2. The predicted molar refractivity (Wildman–Crippen MR) is 92.9 cm³/mol. The number of carbonyl (C=O) groups excluding carboxylic acids is 1. The molecule has 0 aliphatic carbocycles. The Morgan fingerprint density at radius 3 is 2.38 bits per heavy atom. The summed E-state index contributed by atoms with van der Waals surface area (Å²) >= 11 is 0. The molecule has 6 heteroatoms. The van der Waals surface area contributed by atoms with Crippen molar-refractivity contribution in [2.75, 3.05) is 0 Å². The number of rotatable bonds is 6. The first kappa shape index (κ1) is 17.7. The number of nitrogens with one attached hydrogen (secondary N) is 2. The Balaban J connectivity index is 2.13. The van der Waals surface area contributed by atoms with E-state index < -0.39 is 11.2 Å². The minimum Gasteiger partial charge on any atom is -0.347 e. The van der Waals surface area contributed by atoms with Gasteiger partial charge >= 0.3 is 5.69 Å². The monoisotopic (exact) mass is 329 g/mol. The third-order valence-electron chi connectivity index (χ3n) is 3.94. The summed E-state index contributed by atoms with van der Waals surface area (Å²) in [6.45, 7) is 6.03. The van der Waals surface area contributed by atoms with Gasteiger partial charge in [-0.05, 0) is 23.5 Å². The van der Waals surface area contributed by atoms with Gasteiger partial charge in [0.25, 0.3) is 5.56 Å². The molecule has 1 unspecified atom stereocenters. The Kier molecular flexibility index (Phi) is 5.73. The van der Waals surface area contributed by atoms with Crippen LogP contribution in [0, 0.1) is 5.92 Å².